The lowest BCUT2D eigenvalue weighted by Crippen LogP contribution is -2.45. The Balaban J connectivity index is 0.00000210. The van der Waals surface area contributed by atoms with E-state index in [2.05, 4.69) is 4.98 Å². The van der Waals surface area contributed by atoms with Gasteiger partial charge in [0, 0.05) is 24.7 Å². The van der Waals surface area contributed by atoms with Crippen molar-refractivity contribution in [1.82, 2.24) is 14.2 Å². The Kier molecular flexibility index (Phi) is 4.72. The average Bonchev–Trinajstić information content (AvgIpc) is 3.27. The summed E-state index contributed by atoms with van der Waals surface area (Å²) in [6, 6.07) is 1.10. The first-order valence-corrected chi connectivity index (χ1v) is 8.85. The molecule has 1 atom stereocenters. The Morgan fingerprint density at radius 3 is 2.48 bits per heavy atom. The fourth-order valence-corrected chi connectivity index (χ4v) is 3.68. The van der Waals surface area contributed by atoms with Crippen LogP contribution in [-0.2, 0) is 0 Å². The molecule has 2 aliphatic rings. The van der Waals surface area contributed by atoms with E-state index in [1.165, 1.54) is 4.57 Å². The largest absolute Gasteiger partial charge is 0.354 e. The maximum atomic E-state index is 14.7. The number of rotatable bonds is 3. The third-order valence-electron chi connectivity index (χ3n) is 5.48. The lowest BCUT2D eigenvalue weighted by Gasteiger charge is -2.27. The highest BCUT2D eigenvalue weighted by Crippen LogP contribution is 2.36. The second-order valence-corrected chi connectivity index (χ2v) is 7.98. The highest BCUT2D eigenvalue weighted by molar-refractivity contribution is 5.85. The van der Waals surface area contributed by atoms with Crippen LogP contribution in [0.15, 0.2) is 15.7 Å². The summed E-state index contributed by atoms with van der Waals surface area (Å²) in [7, 11) is 0. The Morgan fingerprint density at radius 2 is 1.93 bits per heavy atom. The van der Waals surface area contributed by atoms with Crippen LogP contribution in [0.5, 0.6) is 0 Å². The van der Waals surface area contributed by atoms with Gasteiger partial charge in [-0.05, 0) is 45.1 Å². The van der Waals surface area contributed by atoms with Gasteiger partial charge in [-0.15, -0.1) is 12.4 Å². The van der Waals surface area contributed by atoms with Crippen LogP contribution in [0.25, 0.3) is 11.0 Å². The van der Waals surface area contributed by atoms with Crippen molar-refractivity contribution in [2.24, 2.45) is 11.7 Å². The first-order chi connectivity index (χ1) is 12.2. The Hall–Kier alpha value is -2.13. The molecule has 10 heteroatoms. The van der Waals surface area contributed by atoms with Gasteiger partial charge in [0.1, 0.15) is 0 Å². The minimum Gasteiger partial charge on any atom is -0.354 e. The summed E-state index contributed by atoms with van der Waals surface area (Å²) in [5, 5.41) is 0.0233. The third-order valence-corrected chi connectivity index (χ3v) is 5.48. The van der Waals surface area contributed by atoms with Crippen LogP contribution in [-0.4, -0.2) is 32.9 Å². The first-order valence-electron chi connectivity index (χ1n) is 8.85. The molecule has 1 saturated heterocycles. The van der Waals surface area contributed by atoms with Crippen LogP contribution < -0.4 is 27.7 Å². The standard InChI is InChI=1S/C17H23FN6O2.ClH/c1-17(2,19)9-5-6-22(8-9)14-12(18)7-11-13(21-14)23(10-3-4-10)16(26)24(20)15(11)25;/h7,9-10H,3-6,8,19-20H2,1-2H3;1H. The maximum Gasteiger partial charge on any atom is 0.351 e. The molecule has 8 nitrogen and oxygen atoms in total. The van der Waals surface area contributed by atoms with Crippen LogP contribution in [0, 0.1) is 11.7 Å². The molecular weight excluding hydrogens is 375 g/mol. The third kappa shape index (κ3) is 3.19. The summed E-state index contributed by atoms with van der Waals surface area (Å²) < 4.78 is 16.7. The number of nitrogen functional groups attached to an aromatic ring is 1. The number of nitrogens with two attached hydrogens (primary N) is 2. The van der Waals surface area contributed by atoms with Gasteiger partial charge in [0.15, 0.2) is 17.3 Å². The lowest BCUT2D eigenvalue weighted by molar-refractivity contribution is 0.348. The molecule has 2 fully saturated rings. The summed E-state index contributed by atoms with van der Waals surface area (Å²) in [6.45, 7) is 5.13. The van der Waals surface area contributed by atoms with Gasteiger partial charge in [-0.25, -0.2) is 14.2 Å². The second kappa shape index (κ2) is 6.49. The second-order valence-electron chi connectivity index (χ2n) is 7.98. The van der Waals surface area contributed by atoms with E-state index in [1.54, 1.807) is 0 Å². The van der Waals surface area contributed by atoms with E-state index < -0.39 is 17.1 Å². The van der Waals surface area contributed by atoms with Crippen LogP contribution in [0.2, 0.25) is 0 Å². The molecule has 0 bridgehead atoms. The predicted molar refractivity (Wildman–Crippen MR) is 104 cm³/mol. The van der Waals surface area contributed by atoms with Crippen LogP contribution in [0.1, 0.15) is 39.2 Å². The molecule has 2 aromatic heterocycles. The average molecular weight is 399 g/mol. The van der Waals surface area contributed by atoms with E-state index in [-0.39, 0.29) is 46.8 Å². The number of fused-ring (bicyclic) bond motifs is 1. The van der Waals surface area contributed by atoms with Gasteiger partial charge in [-0.2, -0.15) is 4.68 Å². The van der Waals surface area contributed by atoms with Crippen molar-refractivity contribution in [2.75, 3.05) is 23.8 Å². The van der Waals surface area contributed by atoms with Crippen LogP contribution >= 0.6 is 12.4 Å². The molecule has 4 N–H and O–H groups in total. The Bertz CT molecular complexity index is 1010. The van der Waals surface area contributed by atoms with E-state index in [0.29, 0.717) is 17.8 Å². The minimum atomic E-state index is -0.734. The molecule has 2 aromatic rings. The fourth-order valence-electron chi connectivity index (χ4n) is 3.68. The molecule has 0 amide bonds. The number of nitrogens with zero attached hydrogens (tertiary/aromatic N) is 4. The normalized spacial score (nSPS) is 20.1. The van der Waals surface area contributed by atoms with Crippen molar-refractivity contribution in [2.45, 2.75) is 44.7 Å². The van der Waals surface area contributed by atoms with Crippen LogP contribution in [0.3, 0.4) is 0 Å². The van der Waals surface area contributed by atoms with Crippen molar-refractivity contribution >= 4 is 29.3 Å². The highest BCUT2D eigenvalue weighted by Gasteiger charge is 2.35. The summed E-state index contributed by atoms with van der Waals surface area (Å²) in [5.74, 6) is 5.37. The lowest BCUT2D eigenvalue weighted by atomic mass is 9.88. The molecule has 3 heterocycles. The molecule has 4 rings (SSSR count). The SMILES string of the molecule is CC(C)(N)C1CCN(c2nc3c(cc2F)c(=O)n(N)c(=O)n3C2CC2)C1.Cl. The zero-order chi connectivity index (χ0) is 18.8. The molecule has 27 heavy (non-hydrogen) atoms. The monoisotopic (exact) mass is 398 g/mol. The zero-order valence-corrected chi connectivity index (χ0v) is 16.1. The van der Waals surface area contributed by atoms with Crippen molar-refractivity contribution in [3.63, 3.8) is 0 Å². The number of halogens is 2. The minimum absolute atomic E-state index is 0. The molecule has 1 saturated carbocycles. The number of pyridine rings is 1. The molecule has 148 valence electrons. The fraction of sp³-hybridized carbons (Fsp3) is 0.588. The summed E-state index contributed by atoms with van der Waals surface area (Å²) in [5.41, 5.74) is 4.68. The van der Waals surface area contributed by atoms with E-state index in [0.717, 1.165) is 25.3 Å². The van der Waals surface area contributed by atoms with Gasteiger partial charge in [0.2, 0.25) is 0 Å². The van der Waals surface area contributed by atoms with Gasteiger partial charge in [-0.3, -0.25) is 9.36 Å². The number of aromatic nitrogens is 3. The zero-order valence-electron chi connectivity index (χ0n) is 15.3. The molecular formula is C17H24ClFN6O2. The number of hydrogen-bond acceptors (Lipinski definition) is 6. The molecule has 0 spiro atoms. The van der Waals surface area contributed by atoms with Gasteiger partial charge in [0.25, 0.3) is 5.56 Å². The molecule has 1 aliphatic carbocycles. The van der Waals surface area contributed by atoms with Gasteiger partial charge in [-0.1, -0.05) is 0 Å². The van der Waals surface area contributed by atoms with E-state index in [4.69, 9.17) is 11.6 Å². The smallest absolute Gasteiger partial charge is 0.351 e. The molecule has 0 radical (unpaired) electrons. The summed E-state index contributed by atoms with van der Waals surface area (Å²) >= 11 is 0. The van der Waals surface area contributed by atoms with Crippen molar-refractivity contribution in [3.8, 4) is 0 Å². The quantitative estimate of drug-likeness (QED) is 0.737. The van der Waals surface area contributed by atoms with E-state index >= 15 is 0 Å². The van der Waals surface area contributed by atoms with Gasteiger partial charge in [0.05, 0.1) is 5.39 Å². The Morgan fingerprint density at radius 1 is 1.26 bits per heavy atom. The number of hydrogen-bond donors (Lipinski definition) is 2. The predicted octanol–water partition coefficient (Wildman–Crippen LogP) is 0.731. The first kappa shape index (κ1) is 19.6. The highest BCUT2D eigenvalue weighted by atomic mass is 35.5. The Labute approximate surface area is 161 Å². The maximum absolute atomic E-state index is 14.7. The summed E-state index contributed by atoms with van der Waals surface area (Å²) in [6.07, 6.45) is 2.46. The van der Waals surface area contributed by atoms with Crippen molar-refractivity contribution in [1.29, 1.82) is 0 Å². The molecule has 1 unspecified atom stereocenters. The molecule has 0 aromatic carbocycles. The van der Waals surface area contributed by atoms with Crippen molar-refractivity contribution in [3.05, 3.63) is 32.7 Å². The van der Waals surface area contributed by atoms with Gasteiger partial charge >= 0.3 is 5.69 Å². The topological polar surface area (TPSA) is 112 Å². The van der Waals surface area contributed by atoms with Crippen molar-refractivity contribution < 1.29 is 4.39 Å². The van der Waals surface area contributed by atoms with E-state index in [9.17, 15) is 14.0 Å². The summed E-state index contributed by atoms with van der Waals surface area (Å²) in [4.78, 5) is 31.0. The number of anilines is 1. The molecule has 1 aliphatic heterocycles. The van der Waals surface area contributed by atoms with Gasteiger partial charge < -0.3 is 16.5 Å². The van der Waals surface area contributed by atoms with Crippen LogP contribution in [0.4, 0.5) is 10.2 Å². The van der Waals surface area contributed by atoms with E-state index in [1.807, 2.05) is 18.7 Å².